The summed E-state index contributed by atoms with van der Waals surface area (Å²) in [7, 11) is 3.54. The summed E-state index contributed by atoms with van der Waals surface area (Å²) >= 11 is 5.23. The van der Waals surface area contributed by atoms with E-state index in [1.165, 1.54) is 11.4 Å². The molecule has 0 saturated carbocycles. The second-order valence-corrected chi connectivity index (χ2v) is 8.45. The highest BCUT2D eigenvalue weighted by Crippen LogP contribution is 2.45. The zero-order valence-corrected chi connectivity index (χ0v) is 15.5. The normalized spacial score (nSPS) is 18.9. The number of rotatable bonds is 4. The molecule has 4 nitrogen and oxygen atoms in total. The maximum atomic E-state index is 12.3. The summed E-state index contributed by atoms with van der Waals surface area (Å²) in [5.41, 5.74) is 6.88. The number of hydrogen-bond acceptors (Lipinski definition) is 6. The van der Waals surface area contributed by atoms with Crippen LogP contribution < -0.4 is 10.6 Å². The summed E-state index contributed by atoms with van der Waals surface area (Å²) in [6.45, 7) is 4.31. The molecule has 1 atom stereocenters. The van der Waals surface area contributed by atoms with Gasteiger partial charge in [-0.15, -0.1) is 23.1 Å². The zero-order chi connectivity index (χ0) is 15.6. The van der Waals surface area contributed by atoms with Crippen LogP contribution in [-0.2, 0) is 0 Å². The van der Waals surface area contributed by atoms with Crippen molar-refractivity contribution in [3.8, 4) is 0 Å². The molecule has 7 heteroatoms. The van der Waals surface area contributed by atoms with Gasteiger partial charge in [0.15, 0.2) is 0 Å². The molecule has 1 saturated heterocycles. The Hall–Kier alpha value is -0.530. The predicted molar refractivity (Wildman–Crippen MR) is 97.3 cm³/mol. The molecule has 21 heavy (non-hydrogen) atoms. The fourth-order valence-corrected chi connectivity index (χ4v) is 5.75. The van der Waals surface area contributed by atoms with Crippen molar-refractivity contribution in [2.45, 2.75) is 23.5 Å². The molecule has 1 aliphatic heterocycles. The third-order valence-corrected chi connectivity index (χ3v) is 7.15. The number of carbonyl (C=O) groups is 1. The lowest BCUT2D eigenvalue weighted by Gasteiger charge is -2.33. The molecule has 2 heterocycles. The van der Waals surface area contributed by atoms with Gasteiger partial charge in [0.05, 0.1) is 10.6 Å². The topological polar surface area (TPSA) is 49.6 Å². The molecule has 118 valence electrons. The monoisotopic (exact) mass is 345 g/mol. The van der Waals surface area contributed by atoms with E-state index < -0.39 is 0 Å². The van der Waals surface area contributed by atoms with Crippen molar-refractivity contribution in [3.05, 3.63) is 4.88 Å². The van der Waals surface area contributed by atoms with Gasteiger partial charge in [0.1, 0.15) is 9.88 Å². The molecule has 0 bridgehead atoms. The Balaban J connectivity index is 2.35. The molecule has 0 aliphatic carbocycles. The first kappa shape index (κ1) is 16.8. The Morgan fingerprint density at radius 3 is 2.81 bits per heavy atom. The van der Waals surface area contributed by atoms with Crippen LogP contribution in [0.1, 0.15) is 23.0 Å². The highest BCUT2D eigenvalue weighted by molar-refractivity contribution is 8.00. The first-order valence-electron chi connectivity index (χ1n) is 7.04. The number of anilines is 2. The molecule has 1 aromatic heterocycles. The first-order valence-corrected chi connectivity index (χ1v) is 10.1. The lowest BCUT2D eigenvalue weighted by atomic mass is 10.3. The second-order valence-electron chi connectivity index (χ2n) is 5.23. The van der Waals surface area contributed by atoms with Gasteiger partial charge >= 0.3 is 0 Å². The average molecular weight is 346 g/mol. The Morgan fingerprint density at radius 2 is 2.24 bits per heavy atom. The van der Waals surface area contributed by atoms with Crippen LogP contribution in [0.2, 0.25) is 0 Å². The number of thiophene rings is 1. The van der Waals surface area contributed by atoms with Crippen molar-refractivity contribution in [2.75, 3.05) is 49.8 Å². The minimum Gasteiger partial charge on any atom is -0.396 e. The summed E-state index contributed by atoms with van der Waals surface area (Å²) in [6, 6.07) is 0. The van der Waals surface area contributed by atoms with Crippen molar-refractivity contribution in [2.24, 2.45) is 0 Å². The van der Waals surface area contributed by atoms with E-state index in [2.05, 4.69) is 11.8 Å². The van der Waals surface area contributed by atoms with E-state index in [9.17, 15) is 4.79 Å². The summed E-state index contributed by atoms with van der Waals surface area (Å²) in [5.74, 6) is 1.14. The lowest BCUT2D eigenvalue weighted by Crippen LogP contribution is -2.37. The van der Waals surface area contributed by atoms with Gasteiger partial charge in [-0.2, -0.15) is 11.8 Å². The molecule has 0 aromatic carbocycles. The molecule has 0 spiro atoms. The molecule has 1 amide bonds. The SMILES string of the molecule is CCC1CN(c2sc(C(=O)N(C)C)c(N)c2SC)CCS1. The third-order valence-electron chi connectivity index (χ3n) is 3.57. The van der Waals surface area contributed by atoms with Gasteiger partial charge in [0.2, 0.25) is 0 Å². The smallest absolute Gasteiger partial charge is 0.265 e. The first-order chi connectivity index (χ1) is 9.99. The molecule has 0 radical (unpaired) electrons. The Kier molecular flexibility index (Phi) is 5.73. The van der Waals surface area contributed by atoms with E-state index >= 15 is 0 Å². The van der Waals surface area contributed by atoms with Crippen LogP contribution in [0.25, 0.3) is 0 Å². The molecule has 2 rings (SSSR count). The average Bonchev–Trinajstić information content (AvgIpc) is 2.83. The molecule has 1 unspecified atom stereocenters. The number of thioether (sulfide) groups is 2. The number of nitrogen functional groups attached to an aromatic ring is 1. The van der Waals surface area contributed by atoms with Crippen LogP contribution in [-0.4, -0.2) is 55.3 Å². The Labute approximate surface area is 139 Å². The minimum absolute atomic E-state index is 0.00234. The molecule has 1 aromatic rings. The summed E-state index contributed by atoms with van der Waals surface area (Å²) in [6.07, 6.45) is 3.21. The zero-order valence-electron chi connectivity index (χ0n) is 13.0. The number of nitrogens with zero attached hydrogens (tertiary/aromatic N) is 2. The van der Waals surface area contributed by atoms with E-state index in [1.54, 1.807) is 42.1 Å². The molecular weight excluding hydrogens is 322 g/mol. The standard InChI is InChI=1S/C14H23N3OS3/c1-5-9-8-17(6-7-20-9)14-12(19-4)10(15)11(21-14)13(18)16(2)3/h9H,5-8,15H2,1-4H3. The van der Waals surface area contributed by atoms with Crippen molar-refractivity contribution in [1.29, 1.82) is 0 Å². The van der Waals surface area contributed by atoms with Gasteiger partial charge in [0, 0.05) is 38.2 Å². The van der Waals surface area contributed by atoms with Gasteiger partial charge in [-0.1, -0.05) is 6.92 Å². The highest BCUT2D eigenvalue weighted by atomic mass is 32.2. The second kappa shape index (κ2) is 7.15. The molecular formula is C14H23N3OS3. The fraction of sp³-hybridized carbons (Fsp3) is 0.643. The molecule has 1 aliphatic rings. The molecule has 1 fully saturated rings. The molecule has 2 N–H and O–H groups in total. The van der Waals surface area contributed by atoms with Crippen LogP contribution in [0, 0.1) is 0 Å². The number of carbonyl (C=O) groups excluding carboxylic acids is 1. The van der Waals surface area contributed by atoms with Crippen LogP contribution in [0.5, 0.6) is 0 Å². The van der Waals surface area contributed by atoms with Crippen LogP contribution in [0.15, 0.2) is 4.90 Å². The Morgan fingerprint density at radius 1 is 1.52 bits per heavy atom. The predicted octanol–water partition coefficient (Wildman–Crippen LogP) is 3.09. The van der Waals surface area contributed by atoms with E-state index in [0.29, 0.717) is 15.8 Å². The fourth-order valence-electron chi connectivity index (χ4n) is 2.33. The Bertz CT molecular complexity index is 516. The van der Waals surface area contributed by atoms with E-state index in [0.717, 1.165) is 23.7 Å². The van der Waals surface area contributed by atoms with E-state index in [-0.39, 0.29) is 5.91 Å². The maximum absolute atomic E-state index is 12.3. The highest BCUT2D eigenvalue weighted by Gasteiger charge is 2.27. The number of nitrogens with two attached hydrogens (primary N) is 1. The van der Waals surface area contributed by atoms with Gasteiger partial charge in [0.25, 0.3) is 5.91 Å². The minimum atomic E-state index is -0.00234. The van der Waals surface area contributed by atoms with Gasteiger partial charge in [-0.25, -0.2) is 0 Å². The van der Waals surface area contributed by atoms with Gasteiger partial charge in [-0.3, -0.25) is 4.79 Å². The maximum Gasteiger partial charge on any atom is 0.265 e. The quantitative estimate of drug-likeness (QED) is 0.850. The summed E-state index contributed by atoms with van der Waals surface area (Å²) < 4.78 is 0. The third kappa shape index (κ3) is 3.46. The summed E-state index contributed by atoms with van der Waals surface area (Å²) in [4.78, 5) is 18.0. The van der Waals surface area contributed by atoms with Crippen molar-refractivity contribution >= 4 is 51.5 Å². The summed E-state index contributed by atoms with van der Waals surface area (Å²) in [5, 5.41) is 1.84. The van der Waals surface area contributed by atoms with Crippen molar-refractivity contribution < 1.29 is 4.79 Å². The van der Waals surface area contributed by atoms with Crippen molar-refractivity contribution in [1.82, 2.24) is 4.90 Å². The van der Waals surface area contributed by atoms with Gasteiger partial charge in [-0.05, 0) is 12.7 Å². The van der Waals surface area contributed by atoms with Crippen molar-refractivity contribution in [3.63, 3.8) is 0 Å². The largest absolute Gasteiger partial charge is 0.396 e. The lowest BCUT2D eigenvalue weighted by molar-refractivity contribution is 0.0833. The van der Waals surface area contributed by atoms with Crippen LogP contribution in [0.4, 0.5) is 10.7 Å². The van der Waals surface area contributed by atoms with Crippen LogP contribution >= 0.6 is 34.9 Å². The number of hydrogen-bond donors (Lipinski definition) is 1. The van der Waals surface area contributed by atoms with E-state index in [4.69, 9.17) is 5.73 Å². The number of amides is 1. The van der Waals surface area contributed by atoms with Crippen LogP contribution in [0.3, 0.4) is 0 Å². The van der Waals surface area contributed by atoms with E-state index in [1.807, 2.05) is 18.0 Å². The van der Waals surface area contributed by atoms with Gasteiger partial charge < -0.3 is 15.5 Å².